The van der Waals surface area contributed by atoms with Crippen LogP contribution in [0, 0.1) is 11.8 Å². The second-order valence-electron chi connectivity index (χ2n) is 9.08. The van der Waals surface area contributed by atoms with Crippen LogP contribution in [0.3, 0.4) is 0 Å². The van der Waals surface area contributed by atoms with E-state index in [2.05, 4.69) is 34.9 Å². The average molecular weight is 467 g/mol. The van der Waals surface area contributed by atoms with Crippen molar-refractivity contribution in [2.45, 2.75) is 37.6 Å². The van der Waals surface area contributed by atoms with Gasteiger partial charge in [0.15, 0.2) is 0 Å². The fourth-order valence-corrected chi connectivity index (χ4v) is 4.99. The zero-order valence-electron chi connectivity index (χ0n) is 18.9. The van der Waals surface area contributed by atoms with Crippen molar-refractivity contribution in [2.75, 3.05) is 19.8 Å². The summed E-state index contributed by atoms with van der Waals surface area (Å²) in [7, 11) is 0. The van der Waals surface area contributed by atoms with Gasteiger partial charge in [-0.2, -0.15) is 0 Å². The number of hydrogen-bond donors (Lipinski definition) is 4. The van der Waals surface area contributed by atoms with E-state index < -0.39 is 18.1 Å². The lowest BCUT2D eigenvalue weighted by atomic mass is 9.73. The topological polar surface area (TPSA) is 125 Å². The number of hydrogen-bond acceptors (Lipinski definition) is 5. The fraction of sp³-hybridized carbons (Fsp3) is 0.423. The highest BCUT2D eigenvalue weighted by Crippen LogP contribution is 2.44. The van der Waals surface area contributed by atoms with Crippen LogP contribution in [0.15, 0.2) is 48.5 Å². The van der Waals surface area contributed by atoms with Crippen molar-refractivity contribution in [3.05, 3.63) is 59.7 Å². The van der Waals surface area contributed by atoms with Crippen LogP contribution in [-0.4, -0.2) is 54.0 Å². The number of carbonyl (C=O) groups excluding carboxylic acids is 2. The number of aliphatic hydroxyl groups is 1. The summed E-state index contributed by atoms with van der Waals surface area (Å²) in [5.41, 5.74) is 4.70. The molecule has 0 spiro atoms. The van der Waals surface area contributed by atoms with Gasteiger partial charge >= 0.3 is 12.1 Å². The van der Waals surface area contributed by atoms with E-state index in [1.165, 1.54) is 22.3 Å². The van der Waals surface area contributed by atoms with E-state index in [1.54, 1.807) is 0 Å². The normalized spacial score (nSPS) is 19.3. The first-order valence-corrected chi connectivity index (χ1v) is 11.7. The molecule has 2 aliphatic rings. The monoisotopic (exact) mass is 466 g/mol. The predicted octanol–water partition coefficient (Wildman–Crippen LogP) is 2.89. The van der Waals surface area contributed by atoms with Crippen LogP contribution >= 0.6 is 0 Å². The van der Waals surface area contributed by atoms with Gasteiger partial charge in [-0.25, -0.2) is 9.59 Å². The van der Waals surface area contributed by atoms with Crippen molar-refractivity contribution < 1.29 is 29.3 Å². The summed E-state index contributed by atoms with van der Waals surface area (Å²) in [6.07, 6.45) is 1.36. The van der Waals surface area contributed by atoms with Gasteiger partial charge < -0.3 is 25.6 Å². The average Bonchev–Trinajstić information content (AvgIpc) is 3.12. The van der Waals surface area contributed by atoms with Crippen molar-refractivity contribution in [2.24, 2.45) is 11.8 Å². The molecular weight excluding hydrogens is 436 g/mol. The Bertz CT molecular complexity index is 1000. The molecule has 2 aromatic rings. The maximum Gasteiger partial charge on any atom is 0.407 e. The second-order valence-corrected chi connectivity index (χ2v) is 9.08. The lowest BCUT2D eigenvalue weighted by Crippen LogP contribution is -2.43. The Morgan fingerprint density at radius 2 is 1.59 bits per heavy atom. The van der Waals surface area contributed by atoms with E-state index in [-0.39, 0.29) is 49.7 Å². The number of aliphatic carboxylic acids is 1. The van der Waals surface area contributed by atoms with Gasteiger partial charge in [0.25, 0.3) is 0 Å². The predicted molar refractivity (Wildman–Crippen MR) is 125 cm³/mol. The number of aliphatic hydroxyl groups excluding tert-OH is 1. The van der Waals surface area contributed by atoms with Crippen LogP contribution in [-0.2, 0) is 14.3 Å². The summed E-state index contributed by atoms with van der Waals surface area (Å²) in [5, 5.41) is 23.2. The number of fused-ring (bicyclic) bond motifs is 3. The van der Waals surface area contributed by atoms with Crippen LogP contribution in [0.5, 0.6) is 0 Å². The van der Waals surface area contributed by atoms with Crippen molar-refractivity contribution in [1.29, 1.82) is 0 Å². The van der Waals surface area contributed by atoms with Gasteiger partial charge in [-0.05, 0) is 46.9 Å². The van der Waals surface area contributed by atoms with Crippen molar-refractivity contribution >= 4 is 18.0 Å². The van der Waals surface area contributed by atoms with Crippen molar-refractivity contribution in [3.8, 4) is 11.1 Å². The summed E-state index contributed by atoms with van der Waals surface area (Å²) >= 11 is 0. The minimum absolute atomic E-state index is 0.0155. The first-order chi connectivity index (χ1) is 16.5. The van der Waals surface area contributed by atoms with Crippen molar-refractivity contribution in [3.63, 3.8) is 0 Å². The number of nitrogens with one attached hydrogen (secondary N) is 2. The molecule has 0 aliphatic heterocycles. The SMILES string of the molecule is O=C(CC1CC(CNC(=O)OCC2c3ccccc3-c3ccccc32)C1)N[C@@H](CCO)C(=O)O. The van der Waals surface area contributed by atoms with E-state index in [1.807, 2.05) is 24.3 Å². The molecule has 1 atom stereocenters. The molecule has 4 N–H and O–H groups in total. The smallest absolute Gasteiger partial charge is 0.407 e. The van der Waals surface area contributed by atoms with Crippen molar-refractivity contribution in [1.82, 2.24) is 10.6 Å². The third kappa shape index (κ3) is 5.39. The summed E-state index contributed by atoms with van der Waals surface area (Å²) in [6.45, 7) is 0.452. The van der Waals surface area contributed by atoms with E-state index in [0.717, 1.165) is 12.8 Å². The molecule has 0 bridgehead atoms. The number of carbonyl (C=O) groups is 3. The number of benzene rings is 2. The Labute approximate surface area is 198 Å². The van der Waals surface area contributed by atoms with Gasteiger partial charge in [0.05, 0.1) is 0 Å². The van der Waals surface area contributed by atoms with Gasteiger partial charge in [-0.15, -0.1) is 0 Å². The van der Waals surface area contributed by atoms with Crippen LogP contribution in [0.4, 0.5) is 4.79 Å². The van der Waals surface area contributed by atoms with Gasteiger partial charge in [0.1, 0.15) is 12.6 Å². The van der Waals surface area contributed by atoms with Gasteiger partial charge in [0, 0.05) is 31.9 Å². The molecule has 0 heterocycles. The molecular formula is C26H30N2O6. The summed E-state index contributed by atoms with van der Waals surface area (Å²) < 4.78 is 5.55. The molecule has 1 saturated carbocycles. The minimum Gasteiger partial charge on any atom is -0.480 e. The molecule has 0 unspecified atom stereocenters. The highest BCUT2D eigenvalue weighted by Gasteiger charge is 2.32. The molecule has 8 heteroatoms. The molecule has 4 rings (SSSR count). The molecule has 2 aromatic carbocycles. The maximum absolute atomic E-state index is 12.3. The van der Waals surface area contributed by atoms with Crippen LogP contribution < -0.4 is 10.6 Å². The number of carboxylic acid groups (broad SMARTS) is 1. The quantitative estimate of drug-likeness (QED) is 0.427. The Balaban J connectivity index is 1.17. The van der Waals surface area contributed by atoms with Gasteiger partial charge in [0.2, 0.25) is 5.91 Å². The Hall–Kier alpha value is -3.39. The molecule has 180 valence electrons. The molecule has 1 fully saturated rings. The summed E-state index contributed by atoms with van der Waals surface area (Å²) in [4.78, 5) is 35.4. The molecule has 8 nitrogen and oxygen atoms in total. The molecule has 2 amide bonds. The van der Waals surface area contributed by atoms with E-state index >= 15 is 0 Å². The Morgan fingerprint density at radius 3 is 2.18 bits per heavy atom. The number of carboxylic acids is 1. The first-order valence-electron chi connectivity index (χ1n) is 11.7. The fourth-order valence-electron chi connectivity index (χ4n) is 4.99. The van der Waals surface area contributed by atoms with E-state index in [0.29, 0.717) is 6.54 Å². The van der Waals surface area contributed by atoms with Gasteiger partial charge in [-0.3, -0.25) is 4.79 Å². The summed E-state index contributed by atoms with van der Waals surface area (Å²) in [5.74, 6) is -1.02. The standard InChI is InChI=1S/C26H30N2O6/c29-10-9-23(25(31)32)28-24(30)13-16-11-17(12-16)14-27-26(33)34-15-22-20-7-3-1-5-18(20)19-6-2-4-8-21(19)22/h1-8,16-17,22-23,29H,9-15H2,(H,27,33)(H,28,30)(H,31,32)/t16?,17?,23-/m0/s1. The second kappa shape index (κ2) is 10.7. The van der Waals surface area contributed by atoms with Crippen LogP contribution in [0.25, 0.3) is 11.1 Å². The van der Waals surface area contributed by atoms with E-state index in [4.69, 9.17) is 14.9 Å². The maximum atomic E-state index is 12.3. The lowest BCUT2D eigenvalue weighted by molar-refractivity contribution is -0.142. The summed E-state index contributed by atoms with van der Waals surface area (Å²) in [6, 6.07) is 15.3. The molecule has 34 heavy (non-hydrogen) atoms. The number of alkyl carbamates (subject to hydrolysis) is 1. The van der Waals surface area contributed by atoms with Crippen LogP contribution in [0.2, 0.25) is 0 Å². The van der Waals surface area contributed by atoms with E-state index in [9.17, 15) is 14.4 Å². The largest absolute Gasteiger partial charge is 0.480 e. The third-order valence-corrected chi connectivity index (χ3v) is 6.74. The number of ether oxygens (including phenoxy) is 1. The van der Waals surface area contributed by atoms with Crippen LogP contribution in [0.1, 0.15) is 42.7 Å². The number of amides is 2. The zero-order chi connectivity index (χ0) is 24.1. The number of rotatable bonds is 10. The molecule has 0 saturated heterocycles. The molecule has 2 aliphatic carbocycles. The highest BCUT2D eigenvalue weighted by atomic mass is 16.5. The third-order valence-electron chi connectivity index (χ3n) is 6.74. The highest BCUT2D eigenvalue weighted by molar-refractivity contribution is 5.83. The minimum atomic E-state index is -1.15. The first kappa shape index (κ1) is 23.8. The molecule has 0 aromatic heterocycles. The Kier molecular flexibility index (Phi) is 7.47. The van der Waals surface area contributed by atoms with Gasteiger partial charge in [-0.1, -0.05) is 48.5 Å². The zero-order valence-corrected chi connectivity index (χ0v) is 18.9. The lowest BCUT2D eigenvalue weighted by Gasteiger charge is -2.35. The Morgan fingerprint density at radius 1 is 0.971 bits per heavy atom. The molecule has 0 radical (unpaired) electrons.